The molecule has 0 aromatic carbocycles. The van der Waals surface area contributed by atoms with Crippen LogP contribution in [0.4, 0.5) is 4.79 Å². The number of ether oxygens (including phenoxy) is 3. The number of hydrogen-bond acceptors (Lipinski definition) is 10. The average Bonchev–Trinajstić information content (AvgIpc) is 3.59. The molecule has 47 heavy (non-hydrogen) atoms. The number of fused-ring (bicyclic) bond motifs is 1. The second kappa shape index (κ2) is 16.0. The molecule has 1 amide bonds. The third-order valence-corrected chi connectivity index (χ3v) is 10.4. The predicted octanol–water partition coefficient (Wildman–Crippen LogP) is 3.49. The minimum Gasteiger partial charge on any atom is -0.457 e. The zero-order valence-electron chi connectivity index (χ0n) is 29.1. The smallest absolute Gasteiger partial charge is 0.410 e. The van der Waals surface area contributed by atoms with Gasteiger partial charge in [-0.25, -0.2) is 4.79 Å². The molecule has 3 fully saturated rings. The monoisotopic (exact) mass is 662 g/mol. The van der Waals surface area contributed by atoms with Gasteiger partial charge in [0, 0.05) is 43.9 Å². The van der Waals surface area contributed by atoms with Gasteiger partial charge >= 0.3 is 12.1 Å². The van der Waals surface area contributed by atoms with Gasteiger partial charge in [0.1, 0.15) is 11.7 Å². The van der Waals surface area contributed by atoms with Crippen LogP contribution in [0.1, 0.15) is 86.5 Å². The number of rotatable bonds is 9. The summed E-state index contributed by atoms with van der Waals surface area (Å²) < 4.78 is 17.6. The van der Waals surface area contributed by atoms with Crippen molar-refractivity contribution in [1.29, 1.82) is 0 Å². The molecule has 3 saturated heterocycles. The molecular weight excluding hydrogens is 604 g/mol. The molecule has 0 aromatic heterocycles. The molecule has 4 aliphatic rings. The lowest BCUT2D eigenvalue weighted by Gasteiger charge is -2.39. The fourth-order valence-corrected chi connectivity index (χ4v) is 7.14. The van der Waals surface area contributed by atoms with Crippen LogP contribution in [-0.2, 0) is 19.0 Å². The molecule has 266 valence electrons. The number of esters is 1. The second-order valence-corrected chi connectivity index (χ2v) is 14.8. The van der Waals surface area contributed by atoms with Crippen LogP contribution in [0.2, 0.25) is 0 Å². The van der Waals surface area contributed by atoms with E-state index in [1.165, 1.54) is 0 Å². The van der Waals surface area contributed by atoms with Gasteiger partial charge in [0.05, 0.1) is 36.4 Å². The highest BCUT2D eigenvalue weighted by atomic mass is 16.6. The number of piperazine rings is 1. The molecule has 0 spiro atoms. The van der Waals surface area contributed by atoms with Gasteiger partial charge in [0.2, 0.25) is 0 Å². The summed E-state index contributed by atoms with van der Waals surface area (Å²) in [5.74, 6) is -0.932. The Labute approximate surface area is 280 Å². The Hall–Kier alpha value is -2.28. The van der Waals surface area contributed by atoms with Crippen LogP contribution >= 0.6 is 0 Å². The van der Waals surface area contributed by atoms with Gasteiger partial charge in [-0.3, -0.25) is 9.69 Å². The topological polar surface area (TPSA) is 153 Å². The molecule has 4 heterocycles. The molecule has 11 nitrogen and oxygen atoms in total. The number of amides is 1. The fraction of sp³-hybridized carbons (Fsp3) is 0.778. The van der Waals surface area contributed by atoms with E-state index in [0.717, 1.165) is 25.9 Å². The first kappa shape index (κ1) is 37.5. The highest BCUT2D eigenvalue weighted by Gasteiger charge is 2.47. The van der Waals surface area contributed by atoms with Crippen molar-refractivity contribution in [3.8, 4) is 0 Å². The van der Waals surface area contributed by atoms with Gasteiger partial charge in [0.25, 0.3) is 0 Å². The molecule has 4 N–H and O–H groups in total. The maximum Gasteiger partial charge on any atom is 0.410 e. The Bertz CT molecular complexity index is 1170. The Balaban J connectivity index is 1.45. The van der Waals surface area contributed by atoms with Gasteiger partial charge in [-0.1, -0.05) is 45.1 Å². The SMILES string of the molecule is CCC(O)C(C)C1OC1CC(C)(O)/C=C/C=C(\C)C1OC(=O)CC(O)CCC(C)(O)C(OC(=O)N2CCN3CCCC3C2)/C=C\C1C. The van der Waals surface area contributed by atoms with Gasteiger partial charge in [-0.05, 0) is 71.1 Å². The van der Waals surface area contributed by atoms with E-state index in [4.69, 9.17) is 14.2 Å². The van der Waals surface area contributed by atoms with Gasteiger partial charge < -0.3 is 39.5 Å². The summed E-state index contributed by atoms with van der Waals surface area (Å²) in [5, 5.41) is 43.2. The number of nitrogens with zero attached hydrogens (tertiary/aromatic N) is 2. The fourth-order valence-electron chi connectivity index (χ4n) is 7.14. The van der Waals surface area contributed by atoms with Crippen molar-refractivity contribution in [3.63, 3.8) is 0 Å². The molecule has 0 aliphatic carbocycles. The number of allylic oxidation sites excluding steroid dienone is 2. The molecule has 11 atom stereocenters. The summed E-state index contributed by atoms with van der Waals surface area (Å²) in [6, 6.07) is 0.337. The Kier molecular flexibility index (Phi) is 12.7. The third-order valence-electron chi connectivity index (χ3n) is 10.4. The van der Waals surface area contributed by atoms with Crippen molar-refractivity contribution in [2.45, 2.75) is 140 Å². The zero-order valence-corrected chi connectivity index (χ0v) is 29.1. The van der Waals surface area contributed by atoms with E-state index >= 15 is 0 Å². The number of epoxide rings is 1. The Morgan fingerprint density at radius 2 is 2.00 bits per heavy atom. The standard InChI is InChI=1S/C36H58N2O9/c1-7-28(40)25(4)33-29(45-33)21-35(5,43)15-8-10-23(2)32-24(3)12-13-30(36(6,44)16-14-27(39)20-31(41)47-32)46-34(42)38-19-18-37-17-9-11-26(37)22-38/h8,10,12-13,15,24-30,32-33,39-40,43-44H,7,9,11,14,16-22H2,1-6H3/b13-12-,15-8+,23-10+. The van der Waals surface area contributed by atoms with Crippen LogP contribution in [0.15, 0.2) is 36.0 Å². The second-order valence-electron chi connectivity index (χ2n) is 14.8. The lowest BCUT2D eigenvalue weighted by Crippen LogP contribution is -2.53. The van der Waals surface area contributed by atoms with E-state index in [-0.39, 0.29) is 43.3 Å². The van der Waals surface area contributed by atoms with Crippen LogP contribution < -0.4 is 0 Å². The van der Waals surface area contributed by atoms with Crippen LogP contribution in [-0.4, -0.2) is 122 Å². The van der Waals surface area contributed by atoms with Crippen LogP contribution in [0, 0.1) is 11.8 Å². The summed E-state index contributed by atoms with van der Waals surface area (Å²) >= 11 is 0. The summed E-state index contributed by atoms with van der Waals surface area (Å²) in [6.07, 6.45) is 8.03. The summed E-state index contributed by atoms with van der Waals surface area (Å²) in [6.45, 7) is 13.9. The normalized spacial score (nSPS) is 37.6. The summed E-state index contributed by atoms with van der Waals surface area (Å²) in [7, 11) is 0. The molecule has 4 aliphatic heterocycles. The van der Waals surface area contributed by atoms with Crippen LogP contribution in [0.3, 0.4) is 0 Å². The number of aliphatic hydroxyl groups excluding tert-OH is 2. The van der Waals surface area contributed by atoms with E-state index in [9.17, 15) is 30.0 Å². The maximum atomic E-state index is 13.3. The molecule has 11 unspecified atom stereocenters. The molecular formula is C36H58N2O9. The van der Waals surface area contributed by atoms with Crippen molar-refractivity contribution >= 4 is 12.1 Å². The zero-order chi connectivity index (χ0) is 34.5. The van der Waals surface area contributed by atoms with E-state index in [0.29, 0.717) is 37.5 Å². The van der Waals surface area contributed by atoms with Gasteiger partial charge in [-0.15, -0.1) is 0 Å². The summed E-state index contributed by atoms with van der Waals surface area (Å²) in [4.78, 5) is 30.3. The molecule has 4 rings (SSSR count). The quantitative estimate of drug-likeness (QED) is 0.125. The van der Waals surface area contributed by atoms with Crippen molar-refractivity contribution in [3.05, 3.63) is 36.0 Å². The molecule has 0 radical (unpaired) electrons. The van der Waals surface area contributed by atoms with Crippen molar-refractivity contribution in [1.82, 2.24) is 9.80 Å². The minimum absolute atomic E-state index is 0.00905. The lowest BCUT2D eigenvalue weighted by atomic mass is 9.88. The van der Waals surface area contributed by atoms with E-state index in [2.05, 4.69) is 4.90 Å². The largest absolute Gasteiger partial charge is 0.457 e. The predicted molar refractivity (Wildman–Crippen MR) is 177 cm³/mol. The van der Waals surface area contributed by atoms with Crippen LogP contribution in [0.5, 0.6) is 0 Å². The highest BCUT2D eigenvalue weighted by Crippen LogP contribution is 2.37. The number of hydrogen-bond donors (Lipinski definition) is 4. The first-order valence-corrected chi connectivity index (χ1v) is 17.5. The summed E-state index contributed by atoms with van der Waals surface area (Å²) in [5.41, 5.74) is -1.92. The number of cyclic esters (lactones) is 1. The van der Waals surface area contributed by atoms with Gasteiger partial charge in [0.15, 0.2) is 6.10 Å². The van der Waals surface area contributed by atoms with E-state index in [1.54, 1.807) is 49.1 Å². The van der Waals surface area contributed by atoms with Crippen molar-refractivity contribution in [2.75, 3.05) is 26.2 Å². The number of carbonyl (C=O) groups excluding carboxylic acids is 2. The first-order valence-electron chi connectivity index (χ1n) is 17.5. The van der Waals surface area contributed by atoms with Crippen molar-refractivity contribution < 1.29 is 44.2 Å². The highest BCUT2D eigenvalue weighted by molar-refractivity contribution is 5.70. The average molecular weight is 663 g/mol. The van der Waals surface area contributed by atoms with E-state index in [1.807, 2.05) is 27.7 Å². The van der Waals surface area contributed by atoms with E-state index < -0.39 is 47.7 Å². The third kappa shape index (κ3) is 10.4. The first-order chi connectivity index (χ1) is 22.1. The molecule has 0 saturated carbocycles. The number of aliphatic hydroxyl groups is 4. The molecule has 11 heteroatoms. The Morgan fingerprint density at radius 1 is 1.26 bits per heavy atom. The van der Waals surface area contributed by atoms with Crippen LogP contribution in [0.25, 0.3) is 0 Å². The van der Waals surface area contributed by atoms with Gasteiger partial charge in [-0.2, -0.15) is 0 Å². The Morgan fingerprint density at radius 3 is 2.72 bits per heavy atom. The molecule has 0 bridgehead atoms. The minimum atomic E-state index is -1.48. The lowest BCUT2D eigenvalue weighted by molar-refractivity contribution is -0.151. The maximum absolute atomic E-state index is 13.3. The van der Waals surface area contributed by atoms with Crippen molar-refractivity contribution in [2.24, 2.45) is 11.8 Å². The number of carbonyl (C=O) groups is 2. The molecule has 0 aromatic rings.